The summed E-state index contributed by atoms with van der Waals surface area (Å²) >= 11 is 0. The molecular formula is C20H23NO5S. The molecule has 0 fully saturated rings. The minimum atomic E-state index is -3.67. The molecule has 2 heterocycles. The maximum Gasteiger partial charge on any atom is 0.243 e. The zero-order chi connectivity index (χ0) is 19.2. The van der Waals surface area contributed by atoms with Crippen molar-refractivity contribution in [3.8, 4) is 11.5 Å². The van der Waals surface area contributed by atoms with Crippen molar-refractivity contribution in [1.82, 2.24) is 4.31 Å². The minimum absolute atomic E-state index is 0.136. The minimum Gasteiger partial charge on any atom is -0.454 e. The number of hydrogen-bond acceptors (Lipinski definition) is 5. The largest absolute Gasteiger partial charge is 0.454 e. The van der Waals surface area contributed by atoms with Gasteiger partial charge in [0.1, 0.15) is 0 Å². The van der Waals surface area contributed by atoms with Crippen LogP contribution in [0.15, 0.2) is 47.4 Å². The fraction of sp³-hybridized carbons (Fsp3) is 0.400. The third kappa shape index (κ3) is 3.20. The van der Waals surface area contributed by atoms with E-state index >= 15 is 0 Å². The molecule has 0 amide bonds. The Labute approximate surface area is 159 Å². The molecule has 1 N–H and O–H groups in total. The highest BCUT2D eigenvalue weighted by Crippen LogP contribution is 2.39. The molecule has 2 aromatic carbocycles. The second-order valence-corrected chi connectivity index (χ2v) is 9.27. The fourth-order valence-corrected chi connectivity index (χ4v) is 5.78. The predicted octanol–water partition coefficient (Wildman–Crippen LogP) is 2.72. The van der Waals surface area contributed by atoms with Crippen molar-refractivity contribution in [3.05, 3.63) is 53.6 Å². The lowest BCUT2D eigenvalue weighted by Gasteiger charge is -2.40. The zero-order valence-corrected chi connectivity index (χ0v) is 16.1. The molecule has 27 heavy (non-hydrogen) atoms. The van der Waals surface area contributed by atoms with Gasteiger partial charge in [-0.2, -0.15) is 4.31 Å². The third-order valence-corrected chi connectivity index (χ3v) is 6.95. The van der Waals surface area contributed by atoms with E-state index in [-0.39, 0.29) is 17.6 Å². The van der Waals surface area contributed by atoms with E-state index in [9.17, 15) is 13.5 Å². The summed E-state index contributed by atoms with van der Waals surface area (Å²) in [6, 6.07) is 11.7. The van der Waals surface area contributed by atoms with Crippen LogP contribution in [0.25, 0.3) is 0 Å². The average molecular weight is 389 g/mol. The first-order chi connectivity index (χ1) is 12.9. The van der Waals surface area contributed by atoms with Gasteiger partial charge >= 0.3 is 0 Å². The van der Waals surface area contributed by atoms with Crippen LogP contribution in [-0.2, 0) is 16.4 Å². The smallest absolute Gasteiger partial charge is 0.243 e. The van der Waals surface area contributed by atoms with Gasteiger partial charge in [-0.3, -0.25) is 0 Å². The zero-order valence-electron chi connectivity index (χ0n) is 15.3. The van der Waals surface area contributed by atoms with Gasteiger partial charge in [-0.05, 0) is 36.1 Å². The Morgan fingerprint density at radius 1 is 1.15 bits per heavy atom. The van der Waals surface area contributed by atoms with Crippen LogP contribution in [-0.4, -0.2) is 37.2 Å². The van der Waals surface area contributed by atoms with E-state index in [4.69, 9.17) is 9.47 Å². The summed E-state index contributed by atoms with van der Waals surface area (Å²) in [5.74, 6) is 1.47. The standard InChI is InChI=1S/C20H23NO5S/c1-13(2)11-21-16(9-14-7-8-17-18(10-14)26-12-25-17)20(22)15-5-3-4-6-19(15)27(21,23)24/h3-8,10,13,16,20,22H,9,11-12H2,1-2H3/t16-,20+/m1/s1. The molecule has 0 spiro atoms. The number of hydrogen-bond donors (Lipinski definition) is 1. The number of sulfonamides is 1. The van der Waals surface area contributed by atoms with Crippen molar-refractivity contribution in [2.24, 2.45) is 5.92 Å². The molecule has 0 saturated carbocycles. The number of nitrogens with zero attached hydrogens (tertiary/aromatic N) is 1. The van der Waals surface area contributed by atoms with Gasteiger partial charge in [0.25, 0.3) is 0 Å². The van der Waals surface area contributed by atoms with Crippen molar-refractivity contribution in [1.29, 1.82) is 0 Å². The molecule has 0 bridgehead atoms. The van der Waals surface area contributed by atoms with Crippen LogP contribution >= 0.6 is 0 Å². The highest BCUT2D eigenvalue weighted by Gasteiger charge is 2.43. The highest BCUT2D eigenvalue weighted by atomic mass is 32.2. The summed E-state index contributed by atoms with van der Waals surface area (Å²) in [6.07, 6.45) is -0.508. The lowest BCUT2D eigenvalue weighted by molar-refractivity contribution is 0.0753. The van der Waals surface area contributed by atoms with E-state index in [1.165, 1.54) is 4.31 Å². The van der Waals surface area contributed by atoms with E-state index in [0.29, 0.717) is 30.0 Å². The second kappa shape index (κ2) is 6.82. The topological polar surface area (TPSA) is 76.1 Å². The van der Waals surface area contributed by atoms with Crippen molar-refractivity contribution >= 4 is 10.0 Å². The number of aliphatic hydroxyl groups is 1. The van der Waals surface area contributed by atoms with Gasteiger partial charge in [0.2, 0.25) is 16.8 Å². The van der Waals surface area contributed by atoms with E-state index < -0.39 is 22.2 Å². The lowest BCUT2D eigenvalue weighted by atomic mass is 9.95. The fourth-order valence-electron chi connectivity index (χ4n) is 3.75. The SMILES string of the molecule is CC(C)CN1[C@H](Cc2ccc3c(c2)OCO3)[C@@H](O)c2ccccc2S1(=O)=O. The molecule has 2 aliphatic heterocycles. The van der Waals surface area contributed by atoms with Gasteiger partial charge in [0, 0.05) is 12.1 Å². The summed E-state index contributed by atoms with van der Waals surface area (Å²) in [6.45, 7) is 4.48. The third-order valence-electron chi connectivity index (χ3n) is 4.99. The maximum absolute atomic E-state index is 13.2. The first kappa shape index (κ1) is 18.3. The van der Waals surface area contributed by atoms with Crippen LogP contribution in [0.3, 0.4) is 0 Å². The van der Waals surface area contributed by atoms with Crippen molar-refractivity contribution < 1.29 is 23.0 Å². The van der Waals surface area contributed by atoms with Gasteiger partial charge in [0.15, 0.2) is 11.5 Å². The Morgan fingerprint density at radius 3 is 2.67 bits per heavy atom. The molecule has 0 aromatic heterocycles. The Hall–Kier alpha value is -2.09. The Balaban J connectivity index is 1.75. The van der Waals surface area contributed by atoms with E-state index in [0.717, 1.165) is 5.56 Å². The van der Waals surface area contributed by atoms with Gasteiger partial charge in [-0.1, -0.05) is 38.1 Å². The number of ether oxygens (including phenoxy) is 2. The summed E-state index contributed by atoms with van der Waals surface area (Å²) in [4.78, 5) is 0.195. The lowest BCUT2D eigenvalue weighted by Crippen LogP contribution is -2.50. The normalized spacial score (nSPS) is 23.4. The number of aliphatic hydroxyl groups excluding tert-OH is 1. The molecule has 2 aromatic rings. The number of benzene rings is 2. The molecule has 2 aliphatic rings. The molecule has 4 rings (SSSR count). The molecule has 6 nitrogen and oxygen atoms in total. The monoisotopic (exact) mass is 389 g/mol. The van der Waals surface area contributed by atoms with Crippen LogP contribution in [0.5, 0.6) is 11.5 Å². The molecular weight excluding hydrogens is 366 g/mol. The molecule has 144 valence electrons. The molecule has 0 radical (unpaired) electrons. The molecule has 2 atom stereocenters. The second-order valence-electron chi connectivity index (χ2n) is 7.41. The van der Waals surface area contributed by atoms with Crippen LogP contribution in [0, 0.1) is 5.92 Å². The van der Waals surface area contributed by atoms with Crippen LogP contribution in [0.2, 0.25) is 0 Å². The highest BCUT2D eigenvalue weighted by molar-refractivity contribution is 7.89. The predicted molar refractivity (Wildman–Crippen MR) is 100 cm³/mol. The van der Waals surface area contributed by atoms with Gasteiger partial charge in [-0.15, -0.1) is 0 Å². The number of fused-ring (bicyclic) bond motifs is 2. The Kier molecular flexibility index (Phi) is 4.61. The van der Waals surface area contributed by atoms with Crippen molar-refractivity contribution in [3.63, 3.8) is 0 Å². The molecule has 0 saturated heterocycles. The van der Waals surface area contributed by atoms with E-state index in [2.05, 4.69) is 0 Å². The van der Waals surface area contributed by atoms with Gasteiger partial charge < -0.3 is 14.6 Å². The van der Waals surface area contributed by atoms with Crippen LogP contribution < -0.4 is 9.47 Å². The summed E-state index contributed by atoms with van der Waals surface area (Å²) in [5, 5.41) is 11.0. The van der Waals surface area contributed by atoms with Gasteiger partial charge in [-0.25, -0.2) is 8.42 Å². The van der Waals surface area contributed by atoms with Crippen LogP contribution in [0.4, 0.5) is 0 Å². The van der Waals surface area contributed by atoms with Crippen molar-refractivity contribution in [2.75, 3.05) is 13.3 Å². The maximum atomic E-state index is 13.2. The number of rotatable bonds is 4. The Bertz CT molecular complexity index is 957. The summed E-state index contributed by atoms with van der Waals surface area (Å²) in [5.41, 5.74) is 1.36. The van der Waals surface area contributed by atoms with Gasteiger partial charge in [0.05, 0.1) is 17.0 Å². The molecule has 0 aliphatic carbocycles. The Morgan fingerprint density at radius 2 is 1.89 bits per heavy atom. The first-order valence-corrected chi connectivity index (χ1v) is 10.5. The molecule has 7 heteroatoms. The quantitative estimate of drug-likeness (QED) is 0.870. The molecule has 0 unspecified atom stereocenters. The van der Waals surface area contributed by atoms with E-state index in [1.807, 2.05) is 32.0 Å². The average Bonchev–Trinajstić information content (AvgIpc) is 3.10. The summed E-state index contributed by atoms with van der Waals surface area (Å²) < 4.78 is 38.7. The van der Waals surface area contributed by atoms with Crippen LogP contribution in [0.1, 0.15) is 31.1 Å². The van der Waals surface area contributed by atoms with E-state index in [1.54, 1.807) is 24.3 Å². The first-order valence-electron chi connectivity index (χ1n) is 9.05. The summed E-state index contributed by atoms with van der Waals surface area (Å²) in [7, 11) is -3.67. The van der Waals surface area contributed by atoms with Crippen molar-refractivity contribution in [2.45, 2.75) is 37.3 Å².